The molecule has 0 aliphatic carbocycles. The van der Waals surface area contributed by atoms with E-state index in [1.54, 1.807) is 12.1 Å². The van der Waals surface area contributed by atoms with Gasteiger partial charge in [-0.25, -0.2) is 4.79 Å². The molecule has 10 heteroatoms. The van der Waals surface area contributed by atoms with E-state index >= 15 is 0 Å². The highest BCUT2D eigenvalue weighted by Gasteiger charge is 2.30. The number of aromatic nitrogens is 2. The quantitative estimate of drug-likeness (QED) is 0.618. The highest BCUT2D eigenvalue weighted by Crippen LogP contribution is 2.34. The first kappa shape index (κ1) is 18.9. The number of halogens is 4. The summed E-state index contributed by atoms with van der Waals surface area (Å²) >= 11 is 3.28. The van der Waals surface area contributed by atoms with E-state index in [1.807, 2.05) is 0 Å². The molecular weight excluding hydrogens is 433 g/mol. The predicted molar refractivity (Wildman–Crippen MR) is 91.0 cm³/mol. The van der Waals surface area contributed by atoms with Gasteiger partial charge in [0.05, 0.1) is 11.1 Å². The second-order valence-electron chi connectivity index (χ2n) is 5.32. The van der Waals surface area contributed by atoms with Crippen LogP contribution in [0, 0.1) is 0 Å². The van der Waals surface area contributed by atoms with Crippen molar-refractivity contribution in [1.29, 1.82) is 0 Å². The Hall–Kier alpha value is -2.88. The third-order valence-corrected chi connectivity index (χ3v) is 3.91. The molecule has 2 aromatic carbocycles. The molecule has 1 N–H and O–H groups in total. The number of carbonyl (C=O) groups is 1. The Morgan fingerprint density at radius 3 is 2.52 bits per heavy atom. The van der Waals surface area contributed by atoms with Gasteiger partial charge in [-0.2, -0.15) is 18.2 Å². The fraction of sp³-hybridized carbons (Fsp3) is 0.118. The highest BCUT2D eigenvalue weighted by atomic mass is 79.9. The molecule has 0 saturated carbocycles. The van der Waals surface area contributed by atoms with E-state index in [0.717, 1.165) is 12.1 Å². The average molecular weight is 443 g/mol. The number of alkyl halides is 3. The van der Waals surface area contributed by atoms with Gasteiger partial charge < -0.3 is 14.4 Å². The van der Waals surface area contributed by atoms with Crippen LogP contribution in [0.4, 0.5) is 13.2 Å². The summed E-state index contributed by atoms with van der Waals surface area (Å²) in [7, 11) is 0. The number of hydrogen-bond acceptors (Lipinski definition) is 5. The lowest BCUT2D eigenvalue weighted by Gasteiger charge is -2.07. The molecule has 0 spiro atoms. The lowest BCUT2D eigenvalue weighted by Crippen LogP contribution is -2.10. The van der Waals surface area contributed by atoms with Gasteiger partial charge in [-0.1, -0.05) is 33.2 Å². The van der Waals surface area contributed by atoms with Crippen molar-refractivity contribution >= 4 is 21.9 Å². The van der Waals surface area contributed by atoms with Crippen molar-refractivity contribution in [3.63, 3.8) is 0 Å². The summed E-state index contributed by atoms with van der Waals surface area (Å²) in [6, 6.07) is 9.09. The van der Waals surface area contributed by atoms with Crippen molar-refractivity contribution in [3.05, 3.63) is 52.5 Å². The van der Waals surface area contributed by atoms with Gasteiger partial charge in [0.2, 0.25) is 5.82 Å². The van der Waals surface area contributed by atoms with Crippen LogP contribution in [-0.2, 0) is 11.0 Å². The van der Waals surface area contributed by atoms with E-state index in [9.17, 15) is 18.0 Å². The first-order valence-electron chi connectivity index (χ1n) is 7.40. The van der Waals surface area contributed by atoms with Crippen LogP contribution >= 0.6 is 15.9 Å². The lowest BCUT2D eigenvalue weighted by molar-refractivity contribution is -0.139. The molecule has 0 aliphatic heterocycles. The number of rotatable bonds is 5. The van der Waals surface area contributed by atoms with Crippen LogP contribution in [0.25, 0.3) is 22.8 Å². The summed E-state index contributed by atoms with van der Waals surface area (Å²) in [5.41, 5.74) is -0.108. The van der Waals surface area contributed by atoms with Gasteiger partial charge >= 0.3 is 12.1 Å². The molecule has 0 amide bonds. The molecule has 0 atom stereocenters. The summed E-state index contributed by atoms with van der Waals surface area (Å²) in [4.78, 5) is 14.9. The number of carboxylic acids is 1. The van der Waals surface area contributed by atoms with Gasteiger partial charge in [-0.05, 0) is 30.3 Å². The van der Waals surface area contributed by atoms with E-state index in [-0.39, 0.29) is 17.5 Å². The zero-order chi connectivity index (χ0) is 19.6. The number of hydrogen-bond donors (Lipinski definition) is 1. The number of aliphatic carboxylic acids is 1. The molecule has 1 aromatic heterocycles. The fourth-order valence-electron chi connectivity index (χ4n) is 2.19. The van der Waals surface area contributed by atoms with Crippen LogP contribution in [-0.4, -0.2) is 27.8 Å². The van der Waals surface area contributed by atoms with Gasteiger partial charge in [0.15, 0.2) is 6.61 Å². The zero-order valence-electron chi connectivity index (χ0n) is 13.3. The molecule has 3 rings (SSSR count). The third kappa shape index (κ3) is 4.45. The Bertz CT molecular complexity index is 971. The summed E-state index contributed by atoms with van der Waals surface area (Å²) < 4.78 is 49.0. The van der Waals surface area contributed by atoms with Crippen LogP contribution in [0.5, 0.6) is 5.75 Å². The minimum atomic E-state index is -4.44. The largest absolute Gasteiger partial charge is 0.481 e. The topological polar surface area (TPSA) is 85.5 Å². The van der Waals surface area contributed by atoms with Gasteiger partial charge in [0, 0.05) is 10.0 Å². The summed E-state index contributed by atoms with van der Waals surface area (Å²) in [6.45, 7) is -0.561. The van der Waals surface area contributed by atoms with Crippen molar-refractivity contribution in [3.8, 4) is 28.6 Å². The number of ether oxygens (including phenoxy) is 1. The second-order valence-corrected chi connectivity index (χ2v) is 6.24. The Kier molecular flexibility index (Phi) is 5.17. The lowest BCUT2D eigenvalue weighted by atomic mass is 10.1. The minimum absolute atomic E-state index is 0.0339. The van der Waals surface area contributed by atoms with Gasteiger partial charge in [0.25, 0.3) is 5.89 Å². The number of nitrogens with zero attached hydrogens (tertiary/aromatic N) is 2. The van der Waals surface area contributed by atoms with Crippen molar-refractivity contribution in [2.75, 3.05) is 6.61 Å². The molecule has 6 nitrogen and oxygen atoms in total. The third-order valence-electron chi connectivity index (χ3n) is 3.42. The number of carboxylic acid groups (broad SMARTS) is 1. The first-order chi connectivity index (χ1) is 12.7. The standard InChI is InChI=1S/C17H10BrF3N2O4/c18-11-5-6-13(26-8-14(24)25)12(7-11)16-22-15(23-27-16)9-1-3-10(4-2-9)17(19,20)21/h1-7H,8H2,(H,24,25). The van der Waals surface area contributed by atoms with Crippen LogP contribution in [0.2, 0.25) is 0 Å². The molecule has 0 saturated heterocycles. The average Bonchev–Trinajstić information content (AvgIpc) is 3.10. The van der Waals surface area contributed by atoms with Crippen molar-refractivity contribution in [1.82, 2.24) is 10.1 Å². The highest BCUT2D eigenvalue weighted by molar-refractivity contribution is 9.10. The van der Waals surface area contributed by atoms with E-state index in [4.69, 9.17) is 14.4 Å². The molecule has 27 heavy (non-hydrogen) atoms. The van der Waals surface area contributed by atoms with Crippen molar-refractivity contribution in [2.24, 2.45) is 0 Å². The fourth-order valence-corrected chi connectivity index (χ4v) is 2.55. The Labute approximate surface area is 158 Å². The predicted octanol–water partition coefficient (Wildman–Crippen LogP) is 4.65. The molecule has 140 valence electrons. The monoisotopic (exact) mass is 442 g/mol. The molecule has 0 radical (unpaired) electrons. The van der Waals surface area contributed by atoms with E-state index < -0.39 is 24.3 Å². The molecule has 0 aliphatic rings. The normalized spacial score (nSPS) is 11.4. The van der Waals surface area contributed by atoms with Gasteiger partial charge in [0.1, 0.15) is 5.75 Å². The molecule has 0 fully saturated rings. The maximum Gasteiger partial charge on any atom is 0.416 e. The Balaban J connectivity index is 1.92. The first-order valence-corrected chi connectivity index (χ1v) is 8.19. The smallest absolute Gasteiger partial charge is 0.416 e. The van der Waals surface area contributed by atoms with Crippen molar-refractivity contribution < 1.29 is 32.3 Å². The molecule has 0 bridgehead atoms. The van der Waals surface area contributed by atoms with E-state index in [0.29, 0.717) is 15.6 Å². The SMILES string of the molecule is O=C(O)COc1ccc(Br)cc1-c1nc(-c2ccc(C(F)(F)F)cc2)no1. The summed E-state index contributed by atoms with van der Waals surface area (Å²) in [5.74, 6) is -0.822. The zero-order valence-corrected chi connectivity index (χ0v) is 14.9. The number of benzene rings is 2. The Morgan fingerprint density at radius 2 is 1.89 bits per heavy atom. The maximum atomic E-state index is 12.6. The van der Waals surface area contributed by atoms with Crippen molar-refractivity contribution in [2.45, 2.75) is 6.18 Å². The van der Waals surface area contributed by atoms with Crippen LogP contribution in [0.3, 0.4) is 0 Å². The molecule has 0 unspecified atom stereocenters. The van der Waals surface area contributed by atoms with Gasteiger partial charge in [-0.3, -0.25) is 0 Å². The molecule has 1 heterocycles. The van der Waals surface area contributed by atoms with Crippen LogP contribution in [0.15, 0.2) is 51.5 Å². The molecular formula is C17H10BrF3N2O4. The van der Waals surface area contributed by atoms with Crippen LogP contribution in [0.1, 0.15) is 5.56 Å². The van der Waals surface area contributed by atoms with E-state index in [2.05, 4.69) is 26.1 Å². The Morgan fingerprint density at radius 1 is 1.19 bits per heavy atom. The molecule has 3 aromatic rings. The maximum absolute atomic E-state index is 12.6. The van der Waals surface area contributed by atoms with Crippen LogP contribution < -0.4 is 4.74 Å². The van der Waals surface area contributed by atoms with E-state index in [1.165, 1.54) is 18.2 Å². The summed E-state index contributed by atoms with van der Waals surface area (Å²) in [5, 5.41) is 12.5. The minimum Gasteiger partial charge on any atom is -0.481 e. The summed E-state index contributed by atoms with van der Waals surface area (Å²) in [6.07, 6.45) is -4.44. The van der Waals surface area contributed by atoms with Gasteiger partial charge in [-0.15, -0.1) is 0 Å². The second kappa shape index (κ2) is 7.39.